The molecule has 0 radical (unpaired) electrons. The number of benzene rings is 2. The number of aromatic amines is 2. The third-order valence-electron chi connectivity index (χ3n) is 3.39. The Bertz CT molecular complexity index is 1190. The first kappa shape index (κ1) is 13.6. The number of fused-ring (bicyclic) bond motifs is 2. The monoisotopic (exact) mass is 330 g/mol. The Balaban J connectivity index is 1.74. The number of nitrogens with one attached hydrogen (secondary N) is 3. The van der Waals surface area contributed by atoms with Gasteiger partial charge in [-0.1, -0.05) is 0 Å². The minimum atomic E-state index is -3.80. The molecule has 2 aromatic carbocycles. The van der Waals surface area contributed by atoms with Crippen molar-refractivity contribution in [2.75, 3.05) is 4.72 Å². The van der Waals surface area contributed by atoms with Crippen LogP contribution in [0, 0.1) is 0 Å². The van der Waals surface area contributed by atoms with Gasteiger partial charge in [0.05, 0.1) is 27.8 Å². The molecule has 23 heavy (non-hydrogen) atoms. The van der Waals surface area contributed by atoms with Crippen molar-refractivity contribution in [3.8, 4) is 0 Å². The number of hydrogen-bond acceptors (Lipinski definition) is 5. The molecule has 0 saturated heterocycles. The maximum absolute atomic E-state index is 12.5. The predicted molar refractivity (Wildman–Crippen MR) is 83.7 cm³/mol. The second-order valence-corrected chi connectivity index (χ2v) is 6.63. The van der Waals surface area contributed by atoms with Crippen LogP contribution >= 0.6 is 0 Å². The summed E-state index contributed by atoms with van der Waals surface area (Å²) >= 11 is 0. The van der Waals surface area contributed by atoms with E-state index in [-0.39, 0.29) is 4.90 Å². The summed E-state index contributed by atoms with van der Waals surface area (Å²) in [5, 5.41) is 7.54. The summed E-state index contributed by atoms with van der Waals surface area (Å²) in [5.74, 6) is -0.632. The molecule has 8 nitrogen and oxygen atoms in total. The van der Waals surface area contributed by atoms with Crippen molar-refractivity contribution in [2.45, 2.75) is 4.90 Å². The van der Waals surface area contributed by atoms with Gasteiger partial charge in [-0.3, -0.25) is 14.8 Å². The number of hydrogen-bond donors (Lipinski definition) is 3. The highest BCUT2D eigenvalue weighted by atomic mass is 32.2. The quantitative estimate of drug-likeness (QED) is 0.529. The van der Waals surface area contributed by atoms with E-state index in [2.05, 4.69) is 19.9 Å². The molecule has 0 amide bonds. The first-order valence-corrected chi connectivity index (χ1v) is 8.08. The van der Waals surface area contributed by atoms with E-state index in [4.69, 9.17) is 4.42 Å². The van der Waals surface area contributed by atoms with Crippen molar-refractivity contribution in [1.82, 2.24) is 15.2 Å². The summed E-state index contributed by atoms with van der Waals surface area (Å²) in [5.41, 5.74) is 1.75. The standard InChI is InChI=1S/C14H10N4O4S/c19-14-16-12-6-10(3-4-13(12)22-14)23(20,21)18-9-2-1-8-7-15-17-11(8)5-9/h1-7,18H,(H,15,17)(H,16,19). The Hall–Kier alpha value is -3.07. The van der Waals surface area contributed by atoms with Gasteiger partial charge in [0.25, 0.3) is 10.0 Å². The summed E-state index contributed by atoms with van der Waals surface area (Å²) < 4.78 is 32.3. The van der Waals surface area contributed by atoms with Crippen molar-refractivity contribution < 1.29 is 12.8 Å². The normalized spacial score (nSPS) is 12.0. The van der Waals surface area contributed by atoms with Gasteiger partial charge in [0.2, 0.25) is 0 Å². The fraction of sp³-hybridized carbons (Fsp3) is 0. The van der Waals surface area contributed by atoms with Gasteiger partial charge in [0.1, 0.15) is 0 Å². The molecular formula is C14H10N4O4S. The van der Waals surface area contributed by atoms with Gasteiger partial charge in [-0.25, -0.2) is 13.2 Å². The number of sulfonamides is 1. The maximum atomic E-state index is 12.5. The van der Waals surface area contributed by atoms with Gasteiger partial charge in [0, 0.05) is 5.39 Å². The van der Waals surface area contributed by atoms with Crippen LogP contribution in [0.5, 0.6) is 0 Å². The number of rotatable bonds is 3. The van der Waals surface area contributed by atoms with Crippen molar-refractivity contribution in [1.29, 1.82) is 0 Å². The Morgan fingerprint density at radius 3 is 2.83 bits per heavy atom. The second kappa shape index (κ2) is 4.71. The first-order chi connectivity index (χ1) is 11.0. The molecular weight excluding hydrogens is 320 g/mol. The van der Waals surface area contributed by atoms with Crippen LogP contribution in [0.2, 0.25) is 0 Å². The highest BCUT2D eigenvalue weighted by Crippen LogP contribution is 2.22. The van der Waals surface area contributed by atoms with Gasteiger partial charge in [-0.15, -0.1) is 0 Å². The van der Waals surface area contributed by atoms with E-state index in [1.54, 1.807) is 24.4 Å². The van der Waals surface area contributed by atoms with Crippen LogP contribution in [0.1, 0.15) is 0 Å². The number of anilines is 1. The Kier molecular flexibility index (Phi) is 2.78. The summed E-state index contributed by atoms with van der Waals surface area (Å²) in [6.45, 7) is 0. The van der Waals surface area contributed by atoms with Crippen LogP contribution < -0.4 is 10.5 Å². The van der Waals surface area contributed by atoms with E-state index in [0.717, 1.165) is 10.9 Å². The second-order valence-electron chi connectivity index (χ2n) is 4.95. The average Bonchev–Trinajstić information content (AvgIpc) is 3.10. The zero-order valence-electron chi connectivity index (χ0n) is 11.5. The Morgan fingerprint density at radius 2 is 1.96 bits per heavy atom. The highest BCUT2D eigenvalue weighted by Gasteiger charge is 2.16. The number of aromatic nitrogens is 3. The van der Waals surface area contributed by atoms with E-state index in [9.17, 15) is 13.2 Å². The summed E-state index contributed by atoms with van der Waals surface area (Å²) in [6, 6.07) is 9.20. The van der Waals surface area contributed by atoms with Crippen molar-refractivity contribution in [2.24, 2.45) is 0 Å². The third-order valence-corrected chi connectivity index (χ3v) is 4.77. The molecule has 116 valence electrons. The predicted octanol–water partition coefficient (Wildman–Crippen LogP) is 1.80. The minimum Gasteiger partial charge on any atom is -0.408 e. The molecule has 4 rings (SSSR count). The largest absolute Gasteiger partial charge is 0.417 e. The van der Waals surface area contributed by atoms with Crippen molar-refractivity contribution in [3.63, 3.8) is 0 Å². The molecule has 0 saturated carbocycles. The molecule has 0 bridgehead atoms. The third kappa shape index (κ3) is 2.36. The fourth-order valence-corrected chi connectivity index (χ4v) is 3.39. The molecule has 2 aromatic heterocycles. The molecule has 0 aliphatic rings. The van der Waals surface area contributed by atoms with Gasteiger partial charge < -0.3 is 4.42 Å². The van der Waals surface area contributed by atoms with E-state index < -0.39 is 15.8 Å². The van der Waals surface area contributed by atoms with Crippen LogP contribution in [0.4, 0.5) is 5.69 Å². The van der Waals surface area contributed by atoms with E-state index >= 15 is 0 Å². The average molecular weight is 330 g/mol. The molecule has 0 spiro atoms. The van der Waals surface area contributed by atoms with Crippen LogP contribution in [0.3, 0.4) is 0 Å². The van der Waals surface area contributed by atoms with Gasteiger partial charge in [-0.05, 0) is 36.4 Å². The molecule has 0 atom stereocenters. The molecule has 2 heterocycles. The Morgan fingerprint density at radius 1 is 1.09 bits per heavy atom. The van der Waals surface area contributed by atoms with Crippen LogP contribution in [0.15, 0.2) is 56.7 Å². The zero-order valence-corrected chi connectivity index (χ0v) is 12.3. The smallest absolute Gasteiger partial charge is 0.408 e. The maximum Gasteiger partial charge on any atom is 0.417 e. The molecule has 0 aliphatic carbocycles. The Labute approximate surface area is 129 Å². The van der Waals surface area contributed by atoms with Crippen molar-refractivity contribution in [3.05, 3.63) is 53.1 Å². The summed E-state index contributed by atoms with van der Waals surface area (Å²) in [4.78, 5) is 13.6. The number of oxazole rings is 1. The van der Waals surface area contributed by atoms with Gasteiger partial charge in [-0.2, -0.15) is 5.10 Å². The fourth-order valence-electron chi connectivity index (χ4n) is 2.31. The SMILES string of the molecule is O=c1[nH]c2cc(S(=O)(=O)Nc3ccc4cn[nH]c4c3)ccc2o1. The molecule has 0 fully saturated rings. The van der Waals surface area contributed by atoms with E-state index in [1.165, 1.54) is 18.2 Å². The zero-order chi connectivity index (χ0) is 16.0. The van der Waals surface area contributed by atoms with Crippen LogP contribution in [-0.2, 0) is 10.0 Å². The summed E-state index contributed by atoms with van der Waals surface area (Å²) in [6.07, 6.45) is 1.65. The molecule has 4 aromatic rings. The first-order valence-electron chi connectivity index (χ1n) is 6.60. The molecule has 3 N–H and O–H groups in total. The van der Waals surface area contributed by atoms with Crippen molar-refractivity contribution >= 4 is 37.7 Å². The van der Waals surface area contributed by atoms with E-state index in [1.807, 2.05) is 0 Å². The minimum absolute atomic E-state index is 0.0201. The lowest BCUT2D eigenvalue weighted by molar-refractivity contribution is 0.555. The summed E-state index contributed by atoms with van der Waals surface area (Å²) in [7, 11) is -3.80. The number of H-pyrrole nitrogens is 2. The lowest BCUT2D eigenvalue weighted by Gasteiger charge is -2.08. The molecule has 0 unspecified atom stereocenters. The lowest BCUT2D eigenvalue weighted by Crippen LogP contribution is -2.12. The number of nitrogens with zero attached hydrogens (tertiary/aromatic N) is 1. The lowest BCUT2D eigenvalue weighted by atomic mass is 10.2. The van der Waals surface area contributed by atoms with Gasteiger partial charge in [0.15, 0.2) is 5.58 Å². The van der Waals surface area contributed by atoms with Crippen LogP contribution in [-0.4, -0.2) is 23.6 Å². The van der Waals surface area contributed by atoms with Crippen LogP contribution in [0.25, 0.3) is 22.0 Å². The van der Waals surface area contributed by atoms with E-state index in [0.29, 0.717) is 16.8 Å². The topological polar surface area (TPSA) is 121 Å². The molecule has 9 heteroatoms. The highest BCUT2D eigenvalue weighted by molar-refractivity contribution is 7.92. The molecule has 0 aliphatic heterocycles. The van der Waals surface area contributed by atoms with Gasteiger partial charge >= 0.3 is 5.76 Å².